The highest BCUT2D eigenvalue weighted by Crippen LogP contribution is 2.13. The van der Waals surface area contributed by atoms with Gasteiger partial charge in [-0.3, -0.25) is 0 Å². The Balaban J connectivity index is 2.75. The summed E-state index contributed by atoms with van der Waals surface area (Å²) >= 11 is 0. The summed E-state index contributed by atoms with van der Waals surface area (Å²) in [5.41, 5.74) is 2.05. The lowest BCUT2D eigenvalue weighted by Crippen LogP contribution is -2.24. The van der Waals surface area contributed by atoms with E-state index in [-0.39, 0.29) is 5.82 Å². The summed E-state index contributed by atoms with van der Waals surface area (Å²) in [7, 11) is 0. The molecule has 0 aliphatic heterocycles. The Labute approximate surface area is 106 Å². The van der Waals surface area contributed by atoms with Crippen LogP contribution in [0.4, 0.5) is 4.39 Å². The van der Waals surface area contributed by atoms with Gasteiger partial charge in [-0.05, 0) is 40.6 Å². The Kier molecular flexibility index (Phi) is 3.73. The first-order valence-corrected chi connectivity index (χ1v) is 5.89. The van der Waals surface area contributed by atoms with Crippen molar-refractivity contribution < 1.29 is 4.39 Å². The molecule has 2 rings (SSSR count). The van der Waals surface area contributed by atoms with Crippen molar-refractivity contribution in [3.8, 4) is 0 Å². The van der Waals surface area contributed by atoms with E-state index in [0.29, 0.717) is 0 Å². The molecule has 0 amide bonds. The summed E-state index contributed by atoms with van der Waals surface area (Å²) in [5.74, 6) is -0.221. The summed E-state index contributed by atoms with van der Waals surface area (Å²) in [6.07, 6.45) is 4.00. The first-order valence-electron chi connectivity index (χ1n) is 5.89. The van der Waals surface area contributed by atoms with Gasteiger partial charge in [0, 0.05) is 0 Å². The van der Waals surface area contributed by atoms with E-state index >= 15 is 0 Å². The third-order valence-electron chi connectivity index (χ3n) is 2.80. The fourth-order valence-electron chi connectivity index (χ4n) is 1.92. The predicted octanol–water partition coefficient (Wildman–Crippen LogP) is 3.01. The minimum atomic E-state index is -0.221. The van der Waals surface area contributed by atoms with E-state index in [4.69, 9.17) is 0 Å². The monoisotopic (exact) mass is 238 g/mol. The maximum atomic E-state index is 13.0. The third kappa shape index (κ3) is 2.57. The van der Waals surface area contributed by atoms with Crippen LogP contribution >= 0.6 is 0 Å². The lowest BCUT2D eigenvalue weighted by atomic mass is 10.0. The van der Waals surface area contributed by atoms with Gasteiger partial charge in [0.2, 0.25) is 0 Å². The number of halogens is 1. The van der Waals surface area contributed by atoms with Gasteiger partial charge in [-0.1, -0.05) is 55.1 Å². The number of allylic oxidation sites excluding steroid dienone is 2. The van der Waals surface area contributed by atoms with Crippen LogP contribution in [0.5, 0.6) is 0 Å². The van der Waals surface area contributed by atoms with Crippen LogP contribution < -0.4 is 10.4 Å². The van der Waals surface area contributed by atoms with Gasteiger partial charge in [0.15, 0.2) is 0 Å². The fraction of sp³-hybridized carbons (Fsp3) is 0.0588. The van der Waals surface area contributed by atoms with E-state index < -0.39 is 0 Å². The third-order valence-corrected chi connectivity index (χ3v) is 2.80. The maximum absolute atomic E-state index is 13.0. The molecule has 0 nitrogen and oxygen atoms in total. The largest absolute Gasteiger partial charge is 0.207 e. The smallest absolute Gasteiger partial charge is 0.123 e. The molecule has 2 aromatic carbocycles. The van der Waals surface area contributed by atoms with Crippen LogP contribution in [0.1, 0.15) is 12.5 Å². The Hall–Kier alpha value is -2.15. The molecule has 0 aromatic heterocycles. The standard InChI is InChI=1S/C17H15F/c1-3-6-17(14-9-11-15(18)12-10-14)16-8-5-4-7-13(16)2/h3-12H,2H2,1H3/b6-3-,17-16+. The van der Waals surface area contributed by atoms with Gasteiger partial charge >= 0.3 is 0 Å². The van der Waals surface area contributed by atoms with E-state index in [2.05, 4.69) is 6.58 Å². The molecular formula is C17H15F. The molecular weight excluding hydrogens is 223 g/mol. The molecule has 0 fully saturated rings. The highest BCUT2D eigenvalue weighted by molar-refractivity contribution is 5.73. The van der Waals surface area contributed by atoms with Gasteiger partial charge in [0.25, 0.3) is 0 Å². The first kappa shape index (κ1) is 12.3. The second-order valence-corrected chi connectivity index (χ2v) is 4.08. The zero-order valence-electron chi connectivity index (χ0n) is 10.4. The van der Waals surface area contributed by atoms with Gasteiger partial charge in [-0.25, -0.2) is 4.39 Å². The van der Waals surface area contributed by atoms with Crippen molar-refractivity contribution >= 4 is 12.2 Å². The Morgan fingerprint density at radius 1 is 1.06 bits per heavy atom. The number of hydrogen-bond acceptors (Lipinski definition) is 0. The molecule has 0 aliphatic carbocycles. The van der Waals surface area contributed by atoms with E-state index in [1.165, 1.54) is 12.1 Å². The van der Waals surface area contributed by atoms with Crippen molar-refractivity contribution in [2.45, 2.75) is 6.92 Å². The minimum Gasteiger partial charge on any atom is -0.207 e. The summed E-state index contributed by atoms with van der Waals surface area (Å²) in [4.78, 5) is 0. The molecule has 90 valence electrons. The second kappa shape index (κ2) is 5.46. The van der Waals surface area contributed by atoms with Crippen LogP contribution in [0, 0.1) is 5.82 Å². The molecule has 0 saturated heterocycles. The Bertz CT molecular complexity index is 664. The molecule has 0 saturated carbocycles. The molecule has 0 atom stereocenters. The first-order chi connectivity index (χ1) is 8.72. The van der Waals surface area contributed by atoms with Gasteiger partial charge in [-0.15, -0.1) is 0 Å². The number of rotatable bonds is 2. The maximum Gasteiger partial charge on any atom is 0.123 e. The molecule has 1 heteroatoms. The summed E-state index contributed by atoms with van der Waals surface area (Å²) in [5, 5.41) is 2.04. The van der Waals surface area contributed by atoms with Crippen LogP contribution in [-0.2, 0) is 0 Å². The summed E-state index contributed by atoms with van der Waals surface area (Å²) in [6, 6.07) is 14.5. The van der Waals surface area contributed by atoms with Crippen molar-refractivity contribution in [3.63, 3.8) is 0 Å². The van der Waals surface area contributed by atoms with Crippen LogP contribution in [0.2, 0.25) is 0 Å². The molecule has 18 heavy (non-hydrogen) atoms. The minimum absolute atomic E-state index is 0.221. The normalized spacial score (nSPS) is 12.8. The van der Waals surface area contributed by atoms with Gasteiger partial charge in [0.05, 0.1) is 0 Å². The molecule has 0 spiro atoms. The van der Waals surface area contributed by atoms with Crippen molar-refractivity contribution in [1.82, 2.24) is 0 Å². The second-order valence-electron chi connectivity index (χ2n) is 4.08. The van der Waals surface area contributed by atoms with Crippen LogP contribution in [0.15, 0.2) is 60.7 Å². The van der Waals surface area contributed by atoms with Crippen LogP contribution in [0.3, 0.4) is 0 Å². The number of hydrogen-bond donors (Lipinski definition) is 0. The average molecular weight is 238 g/mol. The van der Waals surface area contributed by atoms with Gasteiger partial charge in [0.1, 0.15) is 5.82 Å². The Morgan fingerprint density at radius 2 is 1.72 bits per heavy atom. The Morgan fingerprint density at radius 3 is 2.33 bits per heavy atom. The highest BCUT2D eigenvalue weighted by atomic mass is 19.1. The van der Waals surface area contributed by atoms with Crippen molar-refractivity contribution in [2.24, 2.45) is 0 Å². The number of benzene rings is 2. The molecule has 0 bridgehead atoms. The zero-order chi connectivity index (χ0) is 13.0. The molecule has 0 N–H and O–H groups in total. The lowest BCUT2D eigenvalue weighted by molar-refractivity contribution is 0.627. The van der Waals surface area contributed by atoms with Crippen LogP contribution in [0.25, 0.3) is 12.2 Å². The molecule has 2 aromatic rings. The average Bonchev–Trinajstić information content (AvgIpc) is 2.38. The quantitative estimate of drug-likeness (QED) is 0.754. The highest BCUT2D eigenvalue weighted by Gasteiger charge is 2.00. The molecule has 0 radical (unpaired) electrons. The molecule has 0 unspecified atom stereocenters. The molecule has 0 aliphatic rings. The van der Waals surface area contributed by atoms with Crippen molar-refractivity contribution in [2.75, 3.05) is 0 Å². The van der Waals surface area contributed by atoms with Gasteiger partial charge in [-0.2, -0.15) is 0 Å². The molecule has 0 heterocycles. The van der Waals surface area contributed by atoms with E-state index in [1.807, 2.05) is 43.3 Å². The fourth-order valence-corrected chi connectivity index (χ4v) is 1.92. The van der Waals surface area contributed by atoms with Crippen LogP contribution in [-0.4, -0.2) is 0 Å². The van der Waals surface area contributed by atoms with E-state index in [1.54, 1.807) is 12.1 Å². The zero-order valence-corrected chi connectivity index (χ0v) is 10.4. The SMILES string of the molecule is C=c1cccc/c1=C(/C=C\C)c1ccc(F)cc1. The lowest BCUT2D eigenvalue weighted by Gasteiger charge is -2.03. The van der Waals surface area contributed by atoms with E-state index in [0.717, 1.165) is 21.6 Å². The topological polar surface area (TPSA) is 0 Å². The van der Waals surface area contributed by atoms with Crippen molar-refractivity contribution in [1.29, 1.82) is 0 Å². The summed E-state index contributed by atoms with van der Waals surface area (Å²) in [6.45, 7) is 6.01. The van der Waals surface area contributed by atoms with Crippen molar-refractivity contribution in [3.05, 3.63) is 82.5 Å². The summed E-state index contributed by atoms with van der Waals surface area (Å²) < 4.78 is 13.0. The predicted molar refractivity (Wildman–Crippen MR) is 74.9 cm³/mol. The van der Waals surface area contributed by atoms with E-state index in [9.17, 15) is 4.39 Å². The van der Waals surface area contributed by atoms with Gasteiger partial charge < -0.3 is 0 Å².